The van der Waals surface area contributed by atoms with Gasteiger partial charge in [-0.15, -0.1) is 0 Å². The van der Waals surface area contributed by atoms with Crippen LogP contribution in [0, 0.1) is 64.6 Å². The lowest BCUT2D eigenvalue weighted by Gasteiger charge is -2.56. The van der Waals surface area contributed by atoms with Crippen LogP contribution < -0.4 is 0 Å². The van der Waals surface area contributed by atoms with Crippen LogP contribution >= 0.6 is 0 Å². The van der Waals surface area contributed by atoms with Gasteiger partial charge >= 0.3 is 0 Å². The van der Waals surface area contributed by atoms with E-state index < -0.39 is 0 Å². The first-order valence-electron chi connectivity index (χ1n) is 19.8. The highest BCUT2D eigenvalue weighted by Crippen LogP contribution is 2.60. The lowest BCUT2D eigenvalue weighted by atomic mass is 9.50. The molecule has 10 aliphatic carbocycles. The van der Waals surface area contributed by atoms with Gasteiger partial charge in [0.2, 0.25) is 0 Å². The minimum absolute atomic E-state index is 0.593. The minimum atomic E-state index is 0.593. The van der Waals surface area contributed by atoms with Crippen LogP contribution in [-0.4, -0.2) is 39.1 Å². The summed E-state index contributed by atoms with van der Waals surface area (Å²) in [4.78, 5) is 0. The first-order valence-corrected chi connectivity index (χ1v) is 19.8. The van der Waals surface area contributed by atoms with Crippen molar-refractivity contribution < 1.29 is 14.2 Å². The molecule has 0 spiro atoms. The molecule has 0 radical (unpaired) electrons. The largest absolute Gasteiger partial charge is 0.381 e. The van der Waals surface area contributed by atoms with Gasteiger partial charge in [0.25, 0.3) is 0 Å². The highest BCUT2D eigenvalue weighted by molar-refractivity contribution is 5.01. The zero-order valence-corrected chi connectivity index (χ0v) is 28.8. The Morgan fingerprint density at radius 1 is 0.488 bits per heavy atom. The summed E-state index contributed by atoms with van der Waals surface area (Å²) in [6, 6.07) is 0. The van der Waals surface area contributed by atoms with Gasteiger partial charge in [-0.05, 0) is 175 Å². The fourth-order valence-corrected chi connectivity index (χ4v) is 13.0. The Morgan fingerprint density at radius 2 is 1.05 bits per heavy atom. The van der Waals surface area contributed by atoms with Crippen molar-refractivity contribution in [1.29, 1.82) is 0 Å². The van der Waals surface area contributed by atoms with E-state index in [1.54, 1.807) is 25.7 Å². The van der Waals surface area contributed by atoms with Crippen molar-refractivity contribution in [2.75, 3.05) is 33.0 Å². The lowest BCUT2D eigenvalue weighted by molar-refractivity contribution is -0.0947. The van der Waals surface area contributed by atoms with Gasteiger partial charge in [0.15, 0.2) is 0 Å². The van der Waals surface area contributed by atoms with Crippen molar-refractivity contribution in [3.63, 3.8) is 0 Å². The quantitative estimate of drug-likeness (QED) is 0.264. The van der Waals surface area contributed by atoms with E-state index in [2.05, 4.69) is 20.8 Å². The molecular formula is C40H70O3. The van der Waals surface area contributed by atoms with E-state index in [0.717, 1.165) is 92.2 Å². The van der Waals surface area contributed by atoms with Gasteiger partial charge in [-0.1, -0.05) is 38.5 Å². The maximum atomic E-state index is 5.80. The standard InChI is InChI=1S/C14H26O.2C13H22O/c1-2-15-14-10-6-9-13(11-14)12-7-4-3-5-8-12;1-2-14-9-13-6-10-3-11(7-13)5-12(4-10)8-13;1-2-14-8-13-11-4-9-3-10(6-11)7-12(13)5-9/h12-14H,2-11H2,1H3;10-12H,2-9H2,1H3;9-13H,2-8H2,1H3. The zero-order valence-electron chi connectivity index (χ0n) is 28.8. The number of hydrogen-bond acceptors (Lipinski definition) is 3. The van der Waals surface area contributed by atoms with Crippen molar-refractivity contribution in [3.05, 3.63) is 0 Å². The molecule has 0 aliphatic heterocycles. The summed E-state index contributed by atoms with van der Waals surface area (Å²) in [6.07, 6.45) is 30.4. The topological polar surface area (TPSA) is 27.7 Å². The third-order valence-electron chi connectivity index (χ3n) is 14.1. The zero-order chi connectivity index (χ0) is 29.6. The molecule has 248 valence electrons. The van der Waals surface area contributed by atoms with Crippen molar-refractivity contribution in [2.45, 2.75) is 155 Å². The van der Waals surface area contributed by atoms with Gasteiger partial charge in [0.05, 0.1) is 12.7 Å². The molecule has 0 aromatic heterocycles. The second kappa shape index (κ2) is 15.6. The second-order valence-corrected chi connectivity index (χ2v) is 17.2. The normalized spacial score (nSPS) is 44.4. The van der Waals surface area contributed by atoms with E-state index in [1.807, 2.05) is 0 Å². The summed E-state index contributed by atoms with van der Waals surface area (Å²) in [5.74, 6) is 10.5. The van der Waals surface area contributed by atoms with Crippen LogP contribution in [0.3, 0.4) is 0 Å². The molecule has 10 fully saturated rings. The van der Waals surface area contributed by atoms with Crippen LogP contribution in [-0.2, 0) is 14.2 Å². The minimum Gasteiger partial charge on any atom is -0.381 e. The van der Waals surface area contributed by atoms with Crippen LogP contribution in [0.15, 0.2) is 0 Å². The molecule has 0 saturated heterocycles. The molecule has 10 rings (SSSR count). The Morgan fingerprint density at radius 3 is 1.60 bits per heavy atom. The van der Waals surface area contributed by atoms with E-state index in [1.165, 1.54) is 103 Å². The Hall–Kier alpha value is -0.120. The average Bonchev–Trinajstić information content (AvgIpc) is 3.00. The van der Waals surface area contributed by atoms with Crippen LogP contribution in [0.25, 0.3) is 0 Å². The summed E-state index contributed by atoms with van der Waals surface area (Å²) < 4.78 is 17.2. The van der Waals surface area contributed by atoms with Crippen LogP contribution in [0.1, 0.15) is 149 Å². The predicted molar refractivity (Wildman–Crippen MR) is 178 cm³/mol. The fourth-order valence-electron chi connectivity index (χ4n) is 13.0. The van der Waals surface area contributed by atoms with Gasteiger partial charge in [0, 0.05) is 26.4 Å². The molecule has 8 bridgehead atoms. The summed E-state index contributed by atoms with van der Waals surface area (Å²) in [6.45, 7) is 11.2. The van der Waals surface area contributed by atoms with Crippen molar-refractivity contribution >= 4 is 0 Å². The number of hydrogen-bond donors (Lipinski definition) is 0. The predicted octanol–water partition coefficient (Wildman–Crippen LogP) is 10.5. The number of ether oxygens (including phenoxy) is 3. The van der Waals surface area contributed by atoms with Gasteiger partial charge < -0.3 is 14.2 Å². The maximum absolute atomic E-state index is 5.80. The smallest absolute Gasteiger partial charge is 0.0577 e. The summed E-state index contributed by atoms with van der Waals surface area (Å²) in [5, 5.41) is 0. The first-order chi connectivity index (χ1) is 21.1. The second-order valence-electron chi connectivity index (χ2n) is 17.2. The van der Waals surface area contributed by atoms with Crippen molar-refractivity contribution in [1.82, 2.24) is 0 Å². The summed E-state index contributed by atoms with van der Waals surface area (Å²) >= 11 is 0. The summed E-state index contributed by atoms with van der Waals surface area (Å²) in [5.41, 5.74) is 0.630. The van der Waals surface area contributed by atoms with Gasteiger partial charge in [0.1, 0.15) is 0 Å². The highest BCUT2D eigenvalue weighted by atomic mass is 16.5. The lowest BCUT2D eigenvalue weighted by Crippen LogP contribution is -2.48. The number of rotatable bonds is 9. The highest BCUT2D eigenvalue weighted by Gasteiger charge is 2.51. The molecule has 10 aliphatic rings. The molecule has 0 aromatic carbocycles. The first kappa shape index (κ1) is 32.8. The Bertz CT molecular complexity index is 751. The third kappa shape index (κ3) is 8.43. The van der Waals surface area contributed by atoms with E-state index in [4.69, 9.17) is 14.2 Å². The van der Waals surface area contributed by atoms with E-state index in [-0.39, 0.29) is 0 Å². The van der Waals surface area contributed by atoms with Crippen LogP contribution in [0.2, 0.25) is 0 Å². The van der Waals surface area contributed by atoms with Crippen LogP contribution in [0.4, 0.5) is 0 Å². The molecule has 2 unspecified atom stereocenters. The monoisotopic (exact) mass is 599 g/mol. The third-order valence-corrected chi connectivity index (χ3v) is 14.1. The van der Waals surface area contributed by atoms with E-state index in [0.29, 0.717) is 11.5 Å². The average molecular weight is 599 g/mol. The molecule has 3 nitrogen and oxygen atoms in total. The molecule has 0 N–H and O–H groups in total. The van der Waals surface area contributed by atoms with Crippen molar-refractivity contribution in [2.24, 2.45) is 64.6 Å². The maximum Gasteiger partial charge on any atom is 0.0577 e. The molecule has 0 heterocycles. The Kier molecular flexibility index (Phi) is 11.9. The molecule has 0 amide bonds. The van der Waals surface area contributed by atoms with Gasteiger partial charge in [-0.25, -0.2) is 0 Å². The van der Waals surface area contributed by atoms with Gasteiger partial charge in [-0.3, -0.25) is 0 Å². The Labute approximate surface area is 266 Å². The molecule has 2 atom stereocenters. The fraction of sp³-hybridized carbons (Fsp3) is 1.00. The molecule has 43 heavy (non-hydrogen) atoms. The van der Waals surface area contributed by atoms with Crippen molar-refractivity contribution in [3.8, 4) is 0 Å². The van der Waals surface area contributed by atoms with E-state index in [9.17, 15) is 0 Å². The summed E-state index contributed by atoms with van der Waals surface area (Å²) in [7, 11) is 0. The van der Waals surface area contributed by atoms with Crippen LogP contribution in [0.5, 0.6) is 0 Å². The SMILES string of the molecule is CCOC1CCCC(C2CCCCC2)C1.CCOCC12CC3CC(CC(C3)C1)C2.CCOCC1C2CC3CC(C2)CC1C3. The molecule has 0 aromatic rings. The molecule has 3 heteroatoms. The van der Waals surface area contributed by atoms with Gasteiger partial charge in [-0.2, -0.15) is 0 Å². The Balaban J connectivity index is 0.000000115. The van der Waals surface area contributed by atoms with E-state index >= 15 is 0 Å². The molecule has 10 saturated carbocycles. The molecular weight excluding hydrogens is 528 g/mol.